The van der Waals surface area contributed by atoms with Crippen molar-refractivity contribution in [3.63, 3.8) is 0 Å². The summed E-state index contributed by atoms with van der Waals surface area (Å²) >= 11 is 6.28. The highest BCUT2D eigenvalue weighted by atomic mass is 35.5. The number of hydrogen-bond acceptors (Lipinski definition) is 0. The summed E-state index contributed by atoms with van der Waals surface area (Å²) in [5.41, 5.74) is 2.33. The van der Waals surface area contributed by atoms with E-state index in [4.69, 9.17) is 11.6 Å². The van der Waals surface area contributed by atoms with E-state index in [1.807, 2.05) is 18.2 Å². The highest BCUT2D eigenvalue weighted by Gasteiger charge is 2.23. The highest BCUT2D eigenvalue weighted by Crippen LogP contribution is 2.35. The minimum absolute atomic E-state index is 0.838. The monoisotopic (exact) mass is 231 g/mol. The summed E-state index contributed by atoms with van der Waals surface area (Å²) in [6.07, 6.45) is 4.61. The average molecular weight is 232 g/mol. The number of para-hydroxylation sites is 1. The molecule has 0 amide bonds. The lowest BCUT2D eigenvalue weighted by molar-refractivity contribution is 0.643. The summed E-state index contributed by atoms with van der Waals surface area (Å²) in [4.78, 5) is 0. The molecule has 1 heterocycles. The van der Waals surface area contributed by atoms with E-state index < -0.39 is 0 Å². The molecule has 0 N–H and O–H groups in total. The molecular formula is C14H14ClN. The van der Waals surface area contributed by atoms with Gasteiger partial charge >= 0.3 is 0 Å². The van der Waals surface area contributed by atoms with Crippen LogP contribution in [0.25, 0.3) is 17.0 Å². The van der Waals surface area contributed by atoms with Crippen molar-refractivity contribution < 1.29 is 0 Å². The molecule has 1 fully saturated rings. The molecular weight excluding hydrogens is 218 g/mol. The Labute approximate surface area is 100 Å². The zero-order valence-corrected chi connectivity index (χ0v) is 9.87. The second kappa shape index (κ2) is 3.67. The lowest BCUT2D eigenvalue weighted by atomic mass is 10.2. The fourth-order valence-electron chi connectivity index (χ4n) is 2.22. The average Bonchev–Trinajstić information content (AvgIpc) is 3.00. The van der Waals surface area contributed by atoms with Crippen molar-refractivity contribution in [1.82, 2.24) is 4.57 Å². The first-order chi connectivity index (χ1) is 7.79. The molecule has 0 saturated heterocycles. The molecule has 16 heavy (non-hydrogen) atoms. The van der Waals surface area contributed by atoms with Gasteiger partial charge < -0.3 is 4.57 Å². The summed E-state index contributed by atoms with van der Waals surface area (Å²) in [6, 6.07) is 8.23. The number of fused-ring (bicyclic) bond motifs is 1. The topological polar surface area (TPSA) is 4.93 Å². The molecule has 2 aromatic rings. The third-order valence-corrected chi connectivity index (χ3v) is 3.55. The molecule has 0 radical (unpaired) electrons. The third kappa shape index (κ3) is 1.56. The molecule has 1 aromatic heterocycles. The van der Waals surface area contributed by atoms with Gasteiger partial charge in [-0.05, 0) is 37.0 Å². The van der Waals surface area contributed by atoms with Gasteiger partial charge in [-0.1, -0.05) is 30.3 Å². The first-order valence-electron chi connectivity index (χ1n) is 5.70. The number of benzene rings is 1. The second-order valence-electron chi connectivity index (χ2n) is 4.50. The summed E-state index contributed by atoms with van der Waals surface area (Å²) in [6.45, 7) is 4.96. The zero-order valence-electron chi connectivity index (χ0n) is 9.12. The predicted molar refractivity (Wildman–Crippen MR) is 69.8 cm³/mol. The molecule has 2 heteroatoms. The van der Waals surface area contributed by atoms with E-state index >= 15 is 0 Å². The Morgan fingerprint density at radius 1 is 1.44 bits per heavy atom. The Morgan fingerprint density at radius 2 is 2.25 bits per heavy atom. The predicted octanol–water partition coefficient (Wildman–Crippen LogP) is 4.35. The number of halogens is 1. The minimum atomic E-state index is 0.838. The van der Waals surface area contributed by atoms with Crippen LogP contribution in [0.3, 0.4) is 0 Å². The van der Waals surface area contributed by atoms with Crippen LogP contribution >= 0.6 is 11.6 Å². The molecule has 1 saturated carbocycles. The normalized spacial score (nSPS) is 15.6. The van der Waals surface area contributed by atoms with Crippen LogP contribution < -0.4 is 0 Å². The van der Waals surface area contributed by atoms with Crippen LogP contribution in [0.1, 0.15) is 18.5 Å². The smallest absolute Gasteiger partial charge is 0.0674 e. The van der Waals surface area contributed by atoms with E-state index in [0.717, 1.165) is 23.0 Å². The Hall–Kier alpha value is -1.21. The van der Waals surface area contributed by atoms with Gasteiger partial charge in [0.25, 0.3) is 0 Å². The first-order valence-corrected chi connectivity index (χ1v) is 6.07. The van der Waals surface area contributed by atoms with Gasteiger partial charge in [0.15, 0.2) is 0 Å². The van der Waals surface area contributed by atoms with Gasteiger partial charge in [-0.15, -0.1) is 0 Å². The van der Waals surface area contributed by atoms with Crippen molar-refractivity contribution >= 4 is 28.6 Å². The van der Waals surface area contributed by atoms with Crippen LogP contribution in [0.15, 0.2) is 30.8 Å². The highest BCUT2D eigenvalue weighted by molar-refractivity contribution is 6.35. The van der Waals surface area contributed by atoms with E-state index in [9.17, 15) is 0 Å². The molecule has 0 atom stereocenters. The summed E-state index contributed by atoms with van der Waals surface area (Å²) < 4.78 is 2.31. The summed E-state index contributed by atoms with van der Waals surface area (Å²) in [5.74, 6) is 0.838. The van der Waals surface area contributed by atoms with Gasteiger partial charge in [-0.3, -0.25) is 0 Å². The quantitative estimate of drug-likeness (QED) is 0.740. The van der Waals surface area contributed by atoms with Gasteiger partial charge in [0.05, 0.1) is 10.5 Å². The number of nitrogens with zero attached hydrogens (tertiary/aromatic N) is 1. The molecule has 0 unspecified atom stereocenters. The van der Waals surface area contributed by atoms with Gasteiger partial charge in [-0.25, -0.2) is 0 Å². The van der Waals surface area contributed by atoms with Crippen LogP contribution in [0.5, 0.6) is 0 Å². The van der Waals surface area contributed by atoms with Crippen molar-refractivity contribution in [2.75, 3.05) is 0 Å². The summed E-state index contributed by atoms with van der Waals surface area (Å²) in [5, 5.41) is 2.05. The van der Waals surface area contributed by atoms with Crippen molar-refractivity contribution in [2.45, 2.75) is 19.4 Å². The van der Waals surface area contributed by atoms with Crippen LogP contribution in [0.4, 0.5) is 0 Å². The molecule has 1 aromatic carbocycles. The molecule has 3 rings (SSSR count). The molecule has 0 aliphatic heterocycles. The van der Waals surface area contributed by atoms with Gasteiger partial charge in [0, 0.05) is 17.6 Å². The molecule has 82 valence electrons. The third-order valence-electron chi connectivity index (χ3n) is 3.25. The largest absolute Gasteiger partial charge is 0.340 e. The van der Waals surface area contributed by atoms with Crippen LogP contribution in [-0.2, 0) is 6.54 Å². The van der Waals surface area contributed by atoms with E-state index in [2.05, 4.69) is 23.3 Å². The Morgan fingerprint density at radius 3 is 2.94 bits per heavy atom. The number of aromatic nitrogens is 1. The fraction of sp³-hybridized carbons (Fsp3) is 0.286. The van der Waals surface area contributed by atoms with Crippen LogP contribution in [-0.4, -0.2) is 4.57 Å². The SMILES string of the molecule is C=Cc1cc2cccc(Cl)c2n1CC1CC1. The van der Waals surface area contributed by atoms with E-state index in [1.54, 1.807) is 0 Å². The van der Waals surface area contributed by atoms with Crippen molar-refractivity contribution in [1.29, 1.82) is 0 Å². The Balaban J connectivity index is 2.23. The minimum Gasteiger partial charge on any atom is -0.340 e. The fourth-order valence-corrected chi connectivity index (χ4v) is 2.51. The molecule has 0 bridgehead atoms. The van der Waals surface area contributed by atoms with Gasteiger partial charge in [-0.2, -0.15) is 0 Å². The molecule has 0 spiro atoms. The van der Waals surface area contributed by atoms with E-state index in [0.29, 0.717) is 0 Å². The van der Waals surface area contributed by atoms with Crippen molar-refractivity contribution in [3.8, 4) is 0 Å². The standard InChI is InChI=1S/C14H14ClN/c1-2-12-8-11-4-3-5-13(15)14(11)16(12)9-10-6-7-10/h2-5,8,10H,1,6-7,9H2. The van der Waals surface area contributed by atoms with Crippen LogP contribution in [0, 0.1) is 5.92 Å². The van der Waals surface area contributed by atoms with Crippen molar-refractivity contribution in [2.24, 2.45) is 5.92 Å². The number of hydrogen-bond donors (Lipinski definition) is 0. The van der Waals surface area contributed by atoms with Crippen molar-refractivity contribution in [3.05, 3.63) is 41.6 Å². The Bertz CT molecular complexity index is 549. The Kier molecular flexibility index (Phi) is 2.29. The van der Waals surface area contributed by atoms with E-state index in [-0.39, 0.29) is 0 Å². The first kappa shape index (κ1) is 9.98. The lowest BCUT2D eigenvalue weighted by Gasteiger charge is -2.08. The molecule has 1 nitrogen and oxygen atoms in total. The van der Waals surface area contributed by atoms with E-state index in [1.165, 1.54) is 23.9 Å². The zero-order chi connectivity index (χ0) is 11.1. The maximum atomic E-state index is 6.28. The van der Waals surface area contributed by atoms with Gasteiger partial charge in [0.2, 0.25) is 0 Å². The summed E-state index contributed by atoms with van der Waals surface area (Å²) in [7, 11) is 0. The number of rotatable bonds is 3. The van der Waals surface area contributed by atoms with Crippen LogP contribution in [0.2, 0.25) is 5.02 Å². The second-order valence-corrected chi connectivity index (χ2v) is 4.91. The molecule has 1 aliphatic carbocycles. The lowest BCUT2D eigenvalue weighted by Crippen LogP contribution is -2.01. The molecule has 1 aliphatic rings. The maximum Gasteiger partial charge on any atom is 0.0674 e. The maximum absolute atomic E-state index is 6.28. The van der Waals surface area contributed by atoms with Gasteiger partial charge in [0.1, 0.15) is 0 Å².